The highest BCUT2D eigenvalue weighted by Gasteiger charge is 2.17. The van der Waals surface area contributed by atoms with Crippen LogP contribution in [0.1, 0.15) is 35.9 Å². The van der Waals surface area contributed by atoms with Crippen molar-refractivity contribution in [3.8, 4) is 11.8 Å². The predicted molar refractivity (Wildman–Crippen MR) is 107 cm³/mol. The first-order valence-corrected chi connectivity index (χ1v) is 9.09. The average molecular weight is 397 g/mol. The predicted octanol–water partition coefficient (Wildman–Crippen LogP) is 4.08. The summed E-state index contributed by atoms with van der Waals surface area (Å²) in [5, 5.41) is 20.4. The molecule has 0 aliphatic heterocycles. The molecule has 0 radical (unpaired) electrons. The van der Waals surface area contributed by atoms with E-state index in [9.17, 15) is 20.2 Å². The summed E-state index contributed by atoms with van der Waals surface area (Å²) < 4.78 is 12.5. The summed E-state index contributed by atoms with van der Waals surface area (Å²) in [5.41, 5.74) is 2.83. The molecule has 29 heavy (non-hydrogen) atoms. The number of nitro benzene ring substituents is 1. The Kier molecular flexibility index (Phi) is 7.15. The molecule has 0 atom stereocenters. The lowest BCUT2D eigenvalue weighted by Crippen LogP contribution is -2.08. The van der Waals surface area contributed by atoms with Gasteiger partial charge in [0.25, 0.3) is 5.69 Å². The summed E-state index contributed by atoms with van der Waals surface area (Å²) >= 11 is 0. The van der Waals surface area contributed by atoms with Crippen LogP contribution in [0.15, 0.2) is 29.8 Å². The largest absolute Gasteiger partial charge is 0.496 e. The maximum absolute atomic E-state index is 12.4. The second-order valence-electron chi connectivity index (χ2n) is 6.48. The van der Waals surface area contributed by atoms with E-state index in [2.05, 4.69) is 11.5 Å². The standard InChI is InChI=1S/C21H23N3O5/c1-5-8-23-14(2)9-16(15(23)3)10-17(12-22)21(25)29-13-18-11-19(24(26)27)6-7-20(18)28-4/h6-7,9-11H,5,8,13H2,1-4H3/b17-10+. The molecule has 2 rings (SSSR count). The van der Waals surface area contributed by atoms with Gasteiger partial charge in [0.05, 0.1) is 12.0 Å². The van der Waals surface area contributed by atoms with Crippen molar-refractivity contribution in [2.45, 2.75) is 40.3 Å². The second kappa shape index (κ2) is 9.55. The number of nitrogens with zero attached hydrogens (tertiary/aromatic N) is 3. The zero-order chi connectivity index (χ0) is 21.6. The Morgan fingerprint density at radius 1 is 1.34 bits per heavy atom. The maximum atomic E-state index is 12.4. The number of carbonyl (C=O) groups is 1. The third-order valence-electron chi connectivity index (χ3n) is 4.53. The minimum absolute atomic E-state index is 0.142. The summed E-state index contributed by atoms with van der Waals surface area (Å²) in [4.78, 5) is 22.8. The molecule has 1 aromatic carbocycles. The molecule has 0 saturated carbocycles. The molecule has 0 amide bonds. The normalized spacial score (nSPS) is 11.1. The van der Waals surface area contributed by atoms with E-state index in [0.29, 0.717) is 11.3 Å². The van der Waals surface area contributed by atoms with Crippen molar-refractivity contribution in [1.29, 1.82) is 5.26 Å². The maximum Gasteiger partial charge on any atom is 0.349 e. The third kappa shape index (κ3) is 5.02. The van der Waals surface area contributed by atoms with Gasteiger partial charge in [-0.15, -0.1) is 0 Å². The van der Waals surface area contributed by atoms with Crippen LogP contribution in [0.3, 0.4) is 0 Å². The van der Waals surface area contributed by atoms with E-state index >= 15 is 0 Å². The number of rotatable bonds is 8. The van der Waals surface area contributed by atoms with Crippen LogP contribution in [0.5, 0.6) is 5.75 Å². The fourth-order valence-corrected chi connectivity index (χ4v) is 3.05. The van der Waals surface area contributed by atoms with Gasteiger partial charge < -0.3 is 14.0 Å². The first-order chi connectivity index (χ1) is 13.8. The highest BCUT2D eigenvalue weighted by atomic mass is 16.6. The zero-order valence-corrected chi connectivity index (χ0v) is 16.9. The van der Waals surface area contributed by atoms with Gasteiger partial charge in [-0.1, -0.05) is 6.92 Å². The van der Waals surface area contributed by atoms with Gasteiger partial charge in [-0.3, -0.25) is 10.1 Å². The number of non-ortho nitro benzene ring substituents is 1. The van der Waals surface area contributed by atoms with Gasteiger partial charge in [0.2, 0.25) is 0 Å². The number of carbonyl (C=O) groups excluding carboxylic acids is 1. The highest BCUT2D eigenvalue weighted by molar-refractivity contribution is 5.98. The summed E-state index contributed by atoms with van der Waals surface area (Å²) in [6, 6.07) is 7.80. The van der Waals surface area contributed by atoms with E-state index in [-0.39, 0.29) is 17.9 Å². The van der Waals surface area contributed by atoms with Gasteiger partial charge in [-0.05, 0) is 44.0 Å². The average Bonchev–Trinajstić information content (AvgIpc) is 2.97. The van der Waals surface area contributed by atoms with Gasteiger partial charge in [-0.25, -0.2) is 4.79 Å². The first kappa shape index (κ1) is 21.7. The minimum Gasteiger partial charge on any atom is -0.496 e. The Labute approximate surface area is 169 Å². The minimum atomic E-state index is -0.804. The molecule has 0 fully saturated rings. The van der Waals surface area contributed by atoms with E-state index < -0.39 is 10.9 Å². The zero-order valence-electron chi connectivity index (χ0n) is 16.9. The number of benzene rings is 1. The fraction of sp³-hybridized carbons (Fsp3) is 0.333. The Morgan fingerprint density at radius 2 is 2.07 bits per heavy atom. The molecule has 0 spiro atoms. The molecule has 2 aromatic rings. The molecule has 0 N–H and O–H groups in total. The molecular weight excluding hydrogens is 374 g/mol. The van der Waals surface area contributed by atoms with E-state index in [1.54, 1.807) is 0 Å². The topological polar surface area (TPSA) is 107 Å². The van der Waals surface area contributed by atoms with Crippen molar-refractivity contribution in [3.05, 3.63) is 62.5 Å². The van der Waals surface area contributed by atoms with Crippen LogP contribution < -0.4 is 4.74 Å². The summed E-state index contributed by atoms with van der Waals surface area (Å²) in [7, 11) is 1.42. The molecule has 152 valence electrons. The number of nitriles is 1. The summed E-state index contributed by atoms with van der Waals surface area (Å²) in [5.74, 6) is -0.449. The molecule has 1 aromatic heterocycles. The summed E-state index contributed by atoms with van der Waals surface area (Å²) in [6.45, 7) is 6.58. The van der Waals surface area contributed by atoms with Gasteiger partial charge in [0.15, 0.2) is 0 Å². The third-order valence-corrected chi connectivity index (χ3v) is 4.53. The SMILES string of the molecule is CCCn1c(C)cc(/C=C(\C#N)C(=O)OCc2cc([N+](=O)[O-])ccc2OC)c1C. The van der Waals surface area contributed by atoms with Crippen LogP contribution >= 0.6 is 0 Å². The number of methoxy groups -OCH3 is 1. The number of hydrogen-bond donors (Lipinski definition) is 0. The lowest BCUT2D eigenvalue weighted by molar-refractivity contribution is -0.385. The number of aryl methyl sites for hydroxylation is 1. The van der Waals surface area contributed by atoms with E-state index in [4.69, 9.17) is 9.47 Å². The number of esters is 1. The molecule has 0 saturated heterocycles. The van der Waals surface area contributed by atoms with Crippen LogP contribution in [0, 0.1) is 35.3 Å². The highest BCUT2D eigenvalue weighted by Crippen LogP contribution is 2.25. The lowest BCUT2D eigenvalue weighted by Gasteiger charge is -2.09. The number of hydrogen-bond acceptors (Lipinski definition) is 6. The van der Waals surface area contributed by atoms with Crippen molar-refractivity contribution >= 4 is 17.7 Å². The molecule has 8 heteroatoms. The molecule has 0 bridgehead atoms. The molecular formula is C21H23N3O5. The summed E-state index contributed by atoms with van der Waals surface area (Å²) in [6.07, 6.45) is 2.47. The smallest absolute Gasteiger partial charge is 0.349 e. The second-order valence-corrected chi connectivity index (χ2v) is 6.48. The van der Waals surface area contributed by atoms with Gasteiger partial charge in [0.1, 0.15) is 24.0 Å². The van der Waals surface area contributed by atoms with Crippen molar-refractivity contribution in [2.75, 3.05) is 7.11 Å². The lowest BCUT2D eigenvalue weighted by atomic mass is 10.1. The Morgan fingerprint density at radius 3 is 2.66 bits per heavy atom. The van der Waals surface area contributed by atoms with Crippen LogP contribution in [0.2, 0.25) is 0 Å². The molecule has 8 nitrogen and oxygen atoms in total. The van der Waals surface area contributed by atoms with Crippen molar-refractivity contribution in [3.63, 3.8) is 0 Å². The molecule has 0 unspecified atom stereocenters. The van der Waals surface area contributed by atoms with Crippen LogP contribution in [0.4, 0.5) is 5.69 Å². The van der Waals surface area contributed by atoms with Crippen molar-refractivity contribution < 1.29 is 19.2 Å². The number of nitro groups is 1. The number of ether oxygens (including phenoxy) is 2. The van der Waals surface area contributed by atoms with E-state index in [1.165, 1.54) is 31.4 Å². The Balaban J connectivity index is 2.23. The number of aromatic nitrogens is 1. The monoisotopic (exact) mass is 397 g/mol. The Hall–Kier alpha value is -3.60. The van der Waals surface area contributed by atoms with E-state index in [1.807, 2.05) is 26.0 Å². The van der Waals surface area contributed by atoms with Crippen molar-refractivity contribution in [2.24, 2.45) is 0 Å². The van der Waals surface area contributed by atoms with Gasteiger partial charge in [0, 0.05) is 35.6 Å². The van der Waals surface area contributed by atoms with Crippen LogP contribution in [-0.2, 0) is 22.7 Å². The quantitative estimate of drug-likeness (QED) is 0.218. The molecule has 1 heterocycles. The van der Waals surface area contributed by atoms with Crippen LogP contribution in [0.25, 0.3) is 6.08 Å². The molecule has 0 aliphatic carbocycles. The van der Waals surface area contributed by atoms with Gasteiger partial charge >= 0.3 is 5.97 Å². The Bertz CT molecular complexity index is 998. The van der Waals surface area contributed by atoms with Crippen LogP contribution in [-0.4, -0.2) is 22.6 Å². The first-order valence-electron chi connectivity index (χ1n) is 9.09. The van der Waals surface area contributed by atoms with Crippen molar-refractivity contribution in [1.82, 2.24) is 4.57 Å². The fourth-order valence-electron chi connectivity index (χ4n) is 3.05. The molecule has 0 aliphatic rings. The van der Waals surface area contributed by atoms with Gasteiger partial charge in [-0.2, -0.15) is 5.26 Å². The van der Waals surface area contributed by atoms with E-state index in [0.717, 1.165) is 29.9 Å².